The van der Waals surface area contributed by atoms with Gasteiger partial charge >= 0.3 is 0 Å². The van der Waals surface area contributed by atoms with Crippen LogP contribution in [0.5, 0.6) is 0 Å². The molecule has 1 aliphatic rings. The maximum atomic E-state index is 11.3. The zero-order valence-electron chi connectivity index (χ0n) is 10.0. The number of carbonyl (C=O) groups is 1. The summed E-state index contributed by atoms with van der Waals surface area (Å²) in [6.07, 6.45) is 2.66. The van der Waals surface area contributed by atoms with Crippen LogP contribution in [0.2, 0.25) is 0 Å². The maximum Gasteiger partial charge on any atom is 0.250 e. The molecule has 0 unspecified atom stereocenters. The monoisotopic (exact) mass is 234 g/mol. The van der Waals surface area contributed by atoms with E-state index in [0.29, 0.717) is 0 Å². The van der Waals surface area contributed by atoms with Crippen LogP contribution in [0.4, 0.5) is 11.4 Å². The van der Waals surface area contributed by atoms with Gasteiger partial charge in [-0.2, -0.15) is 0 Å². The zero-order chi connectivity index (χ0) is 12.1. The lowest BCUT2D eigenvalue weighted by atomic mass is 10.2. The molecule has 1 aromatic carbocycles. The van der Waals surface area contributed by atoms with E-state index in [4.69, 9.17) is 4.74 Å². The molecule has 0 spiro atoms. The normalized spacial score (nSPS) is 14.4. The summed E-state index contributed by atoms with van der Waals surface area (Å²) in [5.74, 6) is 0.702. The summed E-state index contributed by atoms with van der Waals surface area (Å²) >= 11 is 0. The molecule has 1 amide bonds. The molecular weight excluding hydrogens is 216 g/mol. The van der Waals surface area contributed by atoms with Crippen molar-refractivity contribution in [3.63, 3.8) is 0 Å². The number of benzene rings is 1. The predicted octanol–water partition coefficient (Wildman–Crippen LogP) is 2.09. The highest BCUT2D eigenvalue weighted by molar-refractivity contribution is 5.92. The fourth-order valence-electron chi connectivity index (χ4n) is 1.62. The second-order valence-corrected chi connectivity index (χ2v) is 4.39. The van der Waals surface area contributed by atoms with Crippen LogP contribution in [-0.2, 0) is 9.53 Å². The topological polar surface area (TPSA) is 50.4 Å². The number of nitrogens with one attached hydrogen (secondary N) is 2. The predicted molar refractivity (Wildman–Crippen MR) is 68.2 cm³/mol. The number of hydrogen-bond donors (Lipinski definition) is 2. The van der Waals surface area contributed by atoms with E-state index in [1.807, 2.05) is 24.3 Å². The van der Waals surface area contributed by atoms with E-state index in [2.05, 4.69) is 10.6 Å². The van der Waals surface area contributed by atoms with E-state index in [1.165, 1.54) is 20.0 Å². The Morgan fingerprint density at radius 1 is 1.41 bits per heavy atom. The van der Waals surface area contributed by atoms with Crippen LogP contribution in [0.3, 0.4) is 0 Å². The Morgan fingerprint density at radius 2 is 2.18 bits per heavy atom. The highest BCUT2D eigenvalue weighted by Crippen LogP contribution is 2.29. The fraction of sp³-hybridized carbons (Fsp3) is 0.462. The van der Waals surface area contributed by atoms with Gasteiger partial charge in [-0.3, -0.25) is 4.79 Å². The first-order chi connectivity index (χ1) is 8.28. The molecule has 17 heavy (non-hydrogen) atoms. The van der Waals surface area contributed by atoms with Crippen molar-refractivity contribution in [1.82, 2.24) is 0 Å². The minimum atomic E-state index is -0.133. The minimum Gasteiger partial charge on any atom is -0.385 e. The number of ether oxygens (including phenoxy) is 1. The van der Waals surface area contributed by atoms with Gasteiger partial charge in [0.1, 0.15) is 6.61 Å². The van der Waals surface area contributed by atoms with Crippen LogP contribution in [0.1, 0.15) is 12.8 Å². The van der Waals surface area contributed by atoms with Crippen LogP contribution >= 0.6 is 0 Å². The Labute approximate surface area is 101 Å². The van der Waals surface area contributed by atoms with Gasteiger partial charge in [-0.05, 0) is 37.0 Å². The molecule has 0 heterocycles. The zero-order valence-corrected chi connectivity index (χ0v) is 10.0. The molecule has 1 aromatic rings. The molecule has 0 aliphatic heterocycles. The van der Waals surface area contributed by atoms with E-state index in [1.54, 1.807) is 0 Å². The van der Waals surface area contributed by atoms with Gasteiger partial charge in [0.25, 0.3) is 0 Å². The first-order valence-corrected chi connectivity index (χ1v) is 5.90. The van der Waals surface area contributed by atoms with Crippen LogP contribution < -0.4 is 10.6 Å². The van der Waals surface area contributed by atoms with Gasteiger partial charge in [-0.1, -0.05) is 6.07 Å². The molecule has 4 nitrogen and oxygen atoms in total. The lowest BCUT2D eigenvalue weighted by Gasteiger charge is -2.08. The Balaban J connectivity index is 1.88. The molecule has 4 heteroatoms. The number of rotatable bonds is 6. The number of carbonyl (C=O) groups excluding carboxylic acids is 1. The molecule has 2 N–H and O–H groups in total. The van der Waals surface area contributed by atoms with Gasteiger partial charge in [-0.15, -0.1) is 0 Å². The van der Waals surface area contributed by atoms with Crippen molar-refractivity contribution in [3.8, 4) is 0 Å². The third-order valence-corrected chi connectivity index (χ3v) is 2.71. The second-order valence-electron chi connectivity index (χ2n) is 4.39. The van der Waals surface area contributed by atoms with Crippen molar-refractivity contribution >= 4 is 17.3 Å². The number of methoxy groups -OCH3 is 1. The first kappa shape index (κ1) is 11.9. The molecule has 92 valence electrons. The average Bonchev–Trinajstić information content (AvgIpc) is 3.11. The van der Waals surface area contributed by atoms with Gasteiger partial charge < -0.3 is 15.4 Å². The molecule has 0 saturated heterocycles. The molecule has 2 rings (SSSR count). The van der Waals surface area contributed by atoms with E-state index in [-0.39, 0.29) is 12.5 Å². The third-order valence-electron chi connectivity index (χ3n) is 2.71. The van der Waals surface area contributed by atoms with E-state index >= 15 is 0 Å². The minimum absolute atomic E-state index is 0.0831. The lowest BCUT2D eigenvalue weighted by Crippen LogP contribution is -2.17. The molecule has 0 atom stereocenters. The second kappa shape index (κ2) is 5.68. The summed E-state index contributed by atoms with van der Waals surface area (Å²) in [4.78, 5) is 11.3. The SMILES string of the molecule is COCC(=O)Nc1cccc(NCC2CC2)c1. The highest BCUT2D eigenvalue weighted by atomic mass is 16.5. The summed E-state index contributed by atoms with van der Waals surface area (Å²) in [6.45, 7) is 1.11. The number of amides is 1. The Kier molecular flexibility index (Phi) is 3.98. The highest BCUT2D eigenvalue weighted by Gasteiger charge is 2.20. The van der Waals surface area contributed by atoms with E-state index in [9.17, 15) is 4.79 Å². The summed E-state index contributed by atoms with van der Waals surface area (Å²) in [5, 5.41) is 6.15. The van der Waals surface area contributed by atoms with Gasteiger partial charge in [0.15, 0.2) is 0 Å². The Morgan fingerprint density at radius 3 is 2.88 bits per heavy atom. The molecular formula is C13H18N2O2. The van der Waals surface area contributed by atoms with Gasteiger partial charge in [0.05, 0.1) is 0 Å². The van der Waals surface area contributed by atoms with Crippen molar-refractivity contribution in [2.24, 2.45) is 5.92 Å². The summed E-state index contributed by atoms with van der Waals surface area (Å²) in [6, 6.07) is 7.75. The molecule has 1 aliphatic carbocycles. The van der Waals surface area contributed by atoms with Crippen molar-refractivity contribution < 1.29 is 9.53 Å². The largest absolute Gasteiger partial charge is 0.385 e. The van der Waals surface area contributed by atoms with Crippen molar-refractivity contribution in [1.29, 1.82) is 0 Å². The number of anilines is 2. The van der Waals surface area contributed by atoms with Crippen LogP contribution in [0, 0.1) is 5.92 Å². The quantitative estimate of drug-likeness (QED) is 0.792. The summed E-state index contributed by atoms with van der Waals surface area (Å²) < 4.78 is 4.77. The maximum absolute atomic E-state index is 11.3. The van der Waals surface area contributed by atoms with E-state index < -0.39 is 0 Å². The molecule has 1 saturated carbocycles. The van der Waals surface area contributed by atoms with Crippen molar-refractivity contribution in [2.45, 2.75) is 12.8 Å². The van der Waals surface area contributed by atoms with Crippen LogP contribution in [0.15, 0.2) is 24.3 Å². The third kappa shape index (κ3) is 4.07. The standard InChI is InChI=1S/C13H18N2O2/c1-17-9-13(16)15-12-4-2-3-11(7-12)14-8-10-5-6-10/h2-4,7,10,14H,5-6,8-9H2,1H3,(H,15,16). The Bertz CT molecular complexity index is 389. The lowest BCUT2D eigenvalue weighted by molar-refractivity contribution is -0.119. The van der Waals surface area contributed by atoms with Crippen LogP contribution in [0.25, 0.3) is 0 Å². The van der Waals surface area contributed by atoms with Gasteiger partial charge in [-0.25, -0.2) is 0 Å². The number of hydrogen-bond acceptors (Lipinski definition) is 3. The summed E-state index contributed by atoms with van der Waals surface area (Å²) in [5.41, 5.74) is 1.85. The molecule has 0 bridgehead atoms. The average molecular weight is 234 g/mol. The molecule has 0 radical (unpaired) electrons. The van der Waals surface area contributed by atoms with Crippen molar-refractivity contribution in [3.05, 3.63) is 24.3 Å². The smallest absolute Gasteiger partial charge is 0.250 e. The molecule has 0 aromatic heterocycles. The fourth-order valence-corrected chi connectivity index (χ4v) is 1.62. The first-order valence-electron chi connectivity index (χ1n) is 5.90. The van der Waals surface area contributed by atoms with Crippen LogP contribution in [-0.4, -0.2) is 26.2 Å². The molecule has 1 fully saturated rings. The van der Waals surface area contributed by atoms with Gasteiger partial charge in [0, 0.05) is 25.0 Å². The Hall–Kier alpha value is -1.55. The van der Waals surface area contributed by atoms with Crippen molar-refractivity contribution in [2.75, 3.05) is 30.9 Å². The van der Waals surface area contributed by atoms with E-state index in [0.717, 1.165) is 23.8 Å². The van der Waals surface area contributed by atoms with Gasteiger partial charge in [0.2, 0.25) is 5.91 Å². The summed E-state index contributed by atoms with van der Waals surface area (Å²) in [7, 11) is 1.51.